The number of anilines is 6. The second kappa shape index (κ2) is 12.4. The van der Waals surface area contributed by atoms with Crippen LogP contribution in [0.2, 0.25) is 0 Å². The topological polar surface area (TPSA) is 15.7 Å². The molecule has 3 nitrogen and oxygen atoms in total. The highest BCUT2D eigenvalue weighted by atomic mass is 19.4. The van der Waals surface area contributed by atoms with Crippen molar-refractivity contribution in [1.29, 1.82) is 0 Å². The van der Waals surface area contributed by atoms with Gasteiger partial charge < -0.3 is 14.5 Å². The quantitative estimate of drug-likeness (QED) is 0.168. The number of benzene rings is 7. The van der Waals surface area contributed by atoms with Crippen LogP contribution in [-0.2, 0) is 10.8 Å². The third kappa shape index (κ3) is 5.74. The first-order valence-electron chi connectivity index (χ1n) is 19.3. The van der Waals surface area contributed by atoms with Crippen molar-refractivity contribution < 1.29 is 17.9 Å². The van der Waals surface area contributed by atoms with E-state index in [1.165, 1.54) is 0 Å². The van der Waals surface area contributed by atoms with E-state index in [4.69, 9.17) is 4.74 Å². The fourth-order valence-corrected chi connectivity index (χ4v) is 9.15. The van der Waals surface area contributed by atoms with E-state index < -0.39 is 6.36 Å². The van der Waals surface area contributed by atoms with E-state index in [1.54, 1.807) is 12.1 Å². The smallest absolute Gasteiger partial charge is 0.406 e. The van der Waals surface area contributed by atoms with Crippen molar-refractivity contribution in [2.24, 2.45) is 0 Å². The van der Waals surface area contributed by atoms with Crippen molar-refractivity contribution in [2.75, 3.05) is 9.80 Å². The van der Waals surface area contributed by atoms with E-state index in [2.05, 4.69) is 150 Å². The Labute approximate surface area is 327 Å². The molecule has 2 aliphatic rings. The molecule has 0 N–H and O–H groups in total. The molecule has 9 rings (SSSR count). The van der Waals surface area contributed by atoms with Crippen LogP contribution in [0.25, 0.3) is 21.5 Å². The molecule has 0 fully saturated rings. The first-order chi connectivity index (χ1) is 26.5. The molecule has 7 aromatic carbocycles. The van der Waals surface area contributed by atoms with Crippen LogP contribution < -0.4 is 30.9 Å². The van der Waals surface area contributed by atoms with Crippen molar-refractivity contribution >= 4 is 78.8 Å². The molecule has 2 aliphatic heterocycles. The fraction of sp³-hybridized carbons (Fsp3) is 0.224. The zero-order valence-electron chi connectivity index (χ0n) is 33.1. The highest BCUT2D eigenvalue weighted by Gasteiger charge is 2.46. The normalized spacial score (nSPS) is 13.9. The van der Waals surface area contributed by atoms with Gasteiger partial charge in [0.05, 0.1) is 0 Å². The van der Waals surface area contributed by atoms with Gasteiger partial charge in [-0.25, -0.2) is 0 Å². The van der Waals surface area contributed by atoms with E-state index in [9.17, 15) is 13.2 Å². The van der Waals surface area contributed by atoms with Gasteiger partial charge in [0.1, 0.15) is 5.75 Å². The molecule has 0 atom stereocenters. The van der Waals surface area contributed by atoms with E-state index in [-0.39, 0.29) is 23.3 Å². The van der Waals surface area contributed by atoms with Gasteiger partial charge in [-0.2, -0.15) is 0 Å². The number of para-hydroxylation sites is 2. The zero-order valence-corrected chi connectivity index (χ0v) is 33.1. The van der Waals surface area contributed by atoms with Gasteiger partial charge in [0, 0.05) is 57.0 Å². The average molecular weight is 745 g/mol. The number of fused-ring (bicyclic) bond motifs is 8. The van der Waals surface area contributed by atoms with Gasteiger partial charge in [-0.3, -0.25) is 0 Å². The molecule has 0 aliphatic carbocycles. The summed E-state index contributed by atoms with van der Waals surface area (Å²) in [6.07, 6.45) is -4.91. The molecular formula is C49H44BF3N2O. The Balaban J connectivity index is 1.50. The number of rotatable bonds is 3. The SMILES string of the molecule is Cc1ccc2c3c(ccc2c1)B1c2ccc4cc(C)ccc4c2N(c2ccccc2C(C)(C)C)c2cc(OC(F)(F)F)cc(c21)N3c1ccccc1C(C)(C)C. The summed E-state index contributed by atoms with van der Waals surface area (Å²) in [6.45, 7) is 17.0. The van der Waals surface area contributed by atoms with Gasteiger partial charge in [0.25, 0.3) is 6.71 Å². The number of aryl methyl sites for hydroxylation is 2. The first-order valence-corrected chi connectivity index (χ1v) is 19.3. The lowest BCUT2D eigenvalue weighted by Gasteiger charge is -2.46. The van der Waals surface area contributed by atoms with Crippen LogP contribution in [0.1, 0.15) is 63.8 Å². The molecule has 7 heteroatoms. The minimum Gasteiger partial charge on any atom is -0.406 e. The molecule has 0 radical (unpaired) electrons. The number of halogens is 3. The molecule has 0 saturated heterocycles. The standard InChI is InChI=1S/C49H44BF3N2O/c1-29-17-21-34-31(25-29)19-23-38-45(34)54(40-15-11-9-13-36(40)47(3,4)5)42-27-33(56-49(51,52)53)28-43-44(42)50(38)39-24-20-32-26-30(2)18-22-35(32)46(39)55(43)41-16-12-10-14-37(41)48(6,7)8/h9-28H,1-8H3. The van der Waals surface area contributed by atoms with Crippen molar-refractivity contribution in [3.63, 3.8) is 0 Å². The van der Waals surface area contributed by atoms with Crippen LogP contribution >= 0.6 is 0 Å². The number of ether oxygens (including phenoxy) is 1. The lowest BCUT2D eigenvalue weighted by molar-refractivity contribution is -0.274. The van der Waals surface area contributed by atoms with Crippen LogP contribution in [-0.4, -0.2) is 13.1 Å². The molecule has 0 amide bonds. The van der Waals surface area contributed by atoms with Gasteiger partial charge in [-0.15, -0.1) is 13.2 Å². The summed E-state index contributed by atoms with van der Waals surface area (Å²) >= 11 is 0. The highest BCUT2D eigenvalue weighted by Crippen LogP contribution is 2.51. The largest absolute Gasteiger partial charge is 0.573 e. The van der Waals surface area contributed by atoms with Crippen LogP contribution in [0.15, 0.2) is 121 Å². The van der Waals surface area contributed by atoms with Gasteiger partial charge >= 0.3 is 6.36 Å². The Hall–Kier alpha value is -5.69. The minimum absolute atomic E-state index is 0.263. The lowest BCUT2D eigenvalue weighted by Crippen LogP contribution is -2.61. The Morgan fingerprint density at radius 3 is 1.34 bits per heavy atom. The Morgan fingerprint density at radius 2 is 0.929 bits per heavy atom. The maximum atomic E-state index is 14.5. The summed E-state index contributed by atoms with van der Waals surface area (Å²) in [7, 11) is 0. The van der Waals surface area contributed by atoms with Gasteiger partial charge in [0.15, 0.2) is 0 Å². The number of hydrogen-bond donors (Lipinski definition) is 0. The van der Waals surface area contributed by atoms with E-state index in [0.29, 0.717) is 11.4 Å². The Kier molecular flexibility index (Phi) is 7.97. The van der Waals surface area contributed by atoms with Crippen LogP contribution in [0, 0.1) is 13.8 Å². The van der Waals surface area contributed by atoms with Gasteiger partial charge in [-0.1, -0.05) is 150 Å². The second-order valence-electron chi connectivity index (χ2n) is 17.5. The molecule has 0 unspecified atom stereocenters. The summed E-state index contributed by atoms with van der Waals surface area (Å²) in [5.74, 6) is -0.263. The molecule has 0 saturated carbocycles. The number of nitrogens with zero attached hydrogens (tertiary/aromatic N) is 2. The minimum atomic E-state index is -4.91. The van der Waals surface area contributed by atoms with Crippen molar-refractivity contribution in [2.45, 2.75) is 72.6 Å². The summed E-state index contributed by atoms with van der Waals surface area (Å²) in [6, 6.07) is 41.6. The van der Waals surface area contributed by atoms with Crippen LogP contribution in [0.5, 0.6) is 5.75 Å². The van der Waals surface area contributed by atoms with Crippen LogP contribution in [0.4, 0.5) is 47.3 Å². The molecule has 2 heterocycles. The second-order valence-corrected chi connectivity index (χ2v) is 17.5. The molecule has 0 aromatic heterocycles. The predicted molar refractivity (Wildman–Crippen MR) is 229 cm³/mol. The van der Waals surface area contributed by atoms with Crippen molar-refractivity contribution in [3.8, 4) is 5.75 Å². The van der Waals surface area contributed by atoms with Crippen molar-refractivity contribution in [1.82, 2.24) is 0 Å². The Bertz CT molecular complexity index is 2560. The molecular weight excluding hydrogens is 700 g/mol. The highest BCUT2D eigenvalue weighted by molar-refractivity contribution is 7.00. The zero-order chi connectivity index (χ0) is 39.5. The van der Waals surface area contributed by atoms with Gasteiger partial charge in [0.2, 0.25) is 0 Å². The molecule has 280 valence electrons. The monoisotopic (exact) mass is 744 g/mol. The first kappa shape index (κ1) is 36.0. The Morgan fingerprint density at radius 1 is 0.500 bits per heavy atom. The summed E-state index contributed by atoms with van der Waals surface area (Å²) in [4.78, 5) is 4.44. The average Bonchev–Trinajstić information content (AvgIpc) is 3.12. The van der Waals surface area contributed by atoms with Crippen LogP contribution in [0.3, 0.4) is 0 Å². The van der Waals surface area contributed by atoms with Crippen molar-refractivity contribution in [3.05, 3.63) is 144 Å². The lowest BCUT2D eigenvalue weighted by atomic mass is 9.33. The van der Waals surface area contributed by atoms with E-state index in [0.717, 1.165) is 82.9 Å². The third-order valence-corrected chi connectivity index (χ3v) is 11.4. The van der Waals surface area contributed by atoms with E-state index in [1.807, 2.05) is 24.3 Å². The summed E-state index contributed by atoms with van der Waals surface area (Å²) < 4.78 is 48.5. The number of hydrogen-bond acceptors (Lipinski definition) is 3. The third-order valence-electron chi connectivity index (χ3n) is 11.4. The molecule has 56 heavy (non-hydrogen) atoms. The van der Waals surface area contributed by atoms with E-state index >= 15 is 0 Å². The maximum Gasteiger partial charge on any atom is 0.573 e. The summed E-state index contributed by atoms with van der Waals surface area (Å²) in [5, 5.41) is 4.20. The summed E-state index contributed by atoms with van der Waals surface area (Å²) in [5.41, 5.74) is 12.1. The van der Waals surface area contributed by atoms with Gasteiger partial charge in [-0.05, 0) is 75.1 Å². The number of alkyl halides is 3. The molecule has 0 bridgehead atoms. The molecule has 0 spiro atoms. The predicted octanol–water partition coefficient (Wildman–Crippen LogP) is 12.2. The maximum absolute atomic E-state index is 14.5. The molecule has 7 aromatic rings. The fourth-order valence-electron chi connectivity index (χ4n) is 9.15.